The average Bonchev–Trinajstić information content (AvgIpc) is 2.49. The van der Waals surface area contributed by atoms with Gasteiger partial charge in [0, 0.05) is 39.3 Å². The van der Waals surface area contributed by atoms with Crippen molar-refractivity contribution in [2.75, 3.05) is 39.3 Å². The minimum absolute atomic E-state index is 0.115. The summed E-state index contributed by atoms with van der Waals surface area (Å²) in [5.74, 6) is 0.115. The van der Waals surface area contributed by atoms with E-state index in [1.165, 1.54) is 5.56 Å². The fourth-order valence-corrected chi connectivity index (χ4v) is 2.43. The van der Waals surface area contributed by atoms with Crippen molar-refractivity contribution in [3.63, 3.8) is 0 Å². The summed E-state index contributed by atoms with van der Waals surface area (Å²) in [6.45, 7) is 8.09. The maximum Gasteiger partial charge on any atom is 0.224 e. The van der Waals surface area contributed by atoms with Gasteiger partial charge in [0.05, 0.1) is 6.42 Å². The zero-order valence-electron chi connectivity index (χ0n) is 12.3. The van der Waals surface area contributed by atoms with Crippen LogP contribution in [-0.2, 0) is 17.6 Å². The van der Waals surface area contributed by atoms with Gasteiger partial charge in [-0.3, -0.25) is 9.69 Å². The van der Waals surface area contributed by atoms with E-state index in [1.807, 2.05) is 0 Å². The number of rotatable bonds is 6. The molecule has 0 atom stereocenters. The lowest BCUT2D eigenvalue weighted by molar-refractivity contribution is -0.120. The molecule has 2 rings (SSSR count). The number of aryl methyl sites for hydroxylation is 1. The molecule has 0 saturated carbocycles. The summed E-state index contributed by atoms with van der Waals surface area (Å²) in [4.78, 5) is 14.2. The predicted octanol–water partition coefficient (Wildman–Crippen LogP) is 0.813. The van der Waals surface area contributed by atoms with E-state index in [0.29, 0.717) is 6.42 Å². The minimum Gasteiger partial charge on any atom is -0.355 e. The molecular weight excluding hydrogens is 250 g/mol. The first-order valence-corrected chi connectivity index (χ1v) is 7.55. The van der Waals surface area contributed by atoms with E-state index in [9.17, 15) is 4.79 Å². The number of piperazine rings is 1. The van der Waals surface area contributed by atoms with Crippen molar-refractivity contribution < 1.29 is 4.79 Å². The molecule has 1 aliphatic heterocycles. The van der Waals surface area contributed by atoms with Gasteiger partial charge in [-0.1, -0.05) is 31.2 Å². The number of carbonyl (C=O) groups is 1. The van der Waals surface area contributed by atoms with Gasteiger partial charge in [0.2, 0.25) is 5.91 Å². The monoisotopic (exact) mass is 275 g/mol. The van der Waals surface area contributed by atoms with Gasteiger partial charge in [-0.05, 0) is 17.5 Å². The van der Waals surface area contributed by atoms with Crippen molar-refractivity contribution >= 4 is 5.91 Å². The first kappa shape index (κ1) is 15.0. The van der Waals surface area contributed by atoms with Crippen molar-refractivity contribution in [2.24, 2.45) is 0 Å². The Hall–Kier alpha value is -1.39. The number of benzene rings is 1. The highest BCUT2D eigenvalue weighted by atomic mass is 16.1. The van der Waals surface area contributed by atoms with Gasteiger partial charge in [-0.25, -0.2) is 0 Å². The fraction of sp³-hybridized carbons (Fsp3) is 0.562. The van der Waals surface area contributed by atoms with Crippen molar-refractivity contribution in [3.8, 4) is 0 Å². The SMILES string of the molecule is CCc1ccc(CC(=O)NCCN2CCNCC2)cc1. The van der Waals surface area contributed by atoms with E-state index >= 15 is 0 Å². The van der Waals surface area contributed by atoms with Crippen LogP contribution < -0.4 is 10.6 Å². The highest BCUT2D eigenvalue weighted by molar-refractivity contribution is 5.78. The lowest BCUT2D eigenvalue weighted by atomic mass is 10.1. The van der Waals surface area contributed by atoms with Crippen molar-refractivity contribution in [2.45, 2.75) is 19.8 Å². The quantitative estimate of drug-likeness (QED) is 0.807. The Balaban J connectivity index is 1.66. The Morgan fingerprint density at radius 2 is 1.85 bits per heavy atom. The molecule has 0 unspecified atom stereocenters. The standard InChI is InChI=1S/C16H25N3O/c1-2-14-3-5-15(6-4-14)13-16(20)18-9-12-19-10-7-17-8-11-19/h3-6,17H,2,7-13H2,1H3,(H,18,20). The third-order valence-corrected chi connectivity index (χ3v) is 3.76. The van der Waals surface area contributed by atoms with Crippen LogP contribution in [0.5, 0.6) is 0 Å². The molecule has 4 heteroatoms. The van der Waals surface area contributed by atoms with E-state index in [4.69, 9.17) is 0 Å². The summed E-state index contributed by atoms with van der Waals surface area (Å²) < 4.78 is 0. The number of nitrogens with zero attached hydrogens (tertiary/aromatic N) is 1. The Labute approximate surface area is 121 Å². The normalized spacial score (nSPS) is 16.1. The molecule has 1 aromatic carbocycles. The average molecular weight is 275 g/mol. The third kappa shape index (κ3) is 4.94. The van der Waals surface area contributed by atoms with E-state index < -0.39 is 0 Å². The van der Waals surface area contributed by atoms with Crippen LogP contribution in [0.2, 0.25) is 0 Å². The zero-order valence-corrected chi connectivity index (χ0v) is 12.3. The number of amides is 1. The molecule has 0 aromatic heterocycles. The predicted molar refractivity (Wildman–Crippen MR) is 81.8 cm³/mol. The van der Waals surface area contributed by atoms with Crippen LogP contribution in [0.3, 0.4) is 0 Å². The highest BCUT2D eigenvalue weighted by Crippen LogP contribution is 2.05. The van der Waals surface area contributed by atoms with Crippen LogP contribution in [0.15, 0.2) is 24.3 Å². The number of hydrogen-bond donors (Lipinski definition) is 2. The molecule has 1 heterocycles. The first-order valence-electron chi connectivity index (χ1n) is 7.55. The molecular formula is C16H25N3O. The molecule has 0 aliphatic carbocycles. The van der Waals surface area contributed by atoms with E-state index in [2.05, 4.69) is 46.7 Å². The van der Waals surface area contributed by atoms with Gasteiger partial charge in [0.1, 0.15) is 0 Å². The highest BCUT2D eigenvalue weighted by Gasteiger charge is 2.09. The van der Waals surface area contributed by atoms with Gasteiger partial charge >= 0.3 is 0 Å². The van der Waals surface area contributed by atoms with Gasteiger partial charge in [-0.15, -0.1) is 0 Å². The fourth-order valence-electron chi connectivity index (χ4n) is 2.43. The Morgan fingerprint density at radius 3 is 2.50 bits per heavy atom. The molecule has 1 fully saturated rings. The lowest BCUT2D eigenvalue weighted by Gasteiger charge is -2.27. The van der Waals surface area contributed by atoms with Crippen LogP contribution in [0.4, 0.5) is 0 Å². The summed E-state index contributed by atoms with van der Waals surface area (Å²) in [5, 5.41) is 6.33. The molecule has 0 bridgehead atoms. The third-order valence-electron chi connectivity index (χ3n) is 3.76. The summed E-state index contributed by atoms with van der Waals surface area (Å²) >= 11 is 0. The molecule has 110 valence electrons. The van der Waals surface area contributed by atoms with Gasteiger partial charge in [-0.2, -0.15) is 0 Å². The first-order chi connectivity index (χ1) is 9.78. The maximum atomic E-state index is 11.9. The van der Waals surface area contributed by atoms with Gasteiger partial charge in [0.25, 0.3) is 0 Å². The van der Waals surface area contributed by atoms with Gasteiger partial charge < -0.3 is 10.6 Å². The summed E-state index contributed by atoms with van der Waals surface area (Å²) in [6.07, 6.45) is 1.52. The molecule has 1 aromatic rings. The van der Waals surface area contributed by atoms with Crippen LogP contribution >= 0.6 is 0 Å². The lowest BCUT2D eigenvalue weighted by Crippen LogP contribution is -2.46. The Bertz CT molecular complexity index is 410. The minimum atomic E-state index is 0.115. The molecule has 2 N–H and O–H groups in total. The molecule has 1 saturated heterocycles. The van der Waals surface area contributed by atoms with Crippen molar-refractivity contribution in [1.29, 1.82) is 0 Å². The van der Waals surface area contributed by atoms with E-state index in [1.54, 1.807) is 0 Å². The van der Waals surface area contributed by atoms with Crippen molar-refractivity contribution in [1.82, 2.24) is 15.5 Å². The molecule has 20 heavy (non-hydrogen) atoms. The molecule has 1 amide bonds. The topological polar surface area (TPSA) is 44.4 Å². The van der Waals surface area contributed by atoms with Crippen LogP contribution in [0, 0.1) is 0 Å². The Morgan fingerprint density at radius 1 is 1.20 bits per heavy atom. The summed E-state index contributed by atoms with van der Waals surface area (Å²) in [6, 6.07) is 8.30. The van der Waals surface area contributed by atoms with Crippen molar-refractivity contribution in [3.05, 3.63) is 35.4 Å². The molecule has 1 aliphatic rings. The second kappa shape index (κ2) is 8.02. The number of hydrogen-bond acceptors (Lipinski definition) is 3. The van der Waals surface area contributed by atoms with Crippen LogP contribution in [0.1, 0.15) is 18.1 Å². The molecule has 0 radical (unpaired) electrons. The second-order valence-corrected chi connectivity index (χ2v) is 5.29. The molecule has 0 spiro atoms. The number of nitrogens with one attached hydrogen (secondary N) is 2. The number of carbonyl (C=O) groups excluding carboxylic acids is 1. The summed E-state index contributed by atoms with van der Waals surface area (Å²) in [5.41, 5.74) is 2.40. The smallest absolute Gasteiger partial charge is 0.224 e. The molecule has 4 nitrogen and oxygen atoms in total. The maximum absolute atomic E-state index is 11.9. The second-order valence-electron chi connectivity index (χ2n) is 5.29. The Kier molecular flexibility index (Phi) is 6.02. The zero-order chi connectivity index (χ0) is 14.2. The largest absolute Gasteiger partial charge is 0.355 e. The van der Waals surface area contributed by atoms with Crippen LogP contribution in [-0.4, -0.2) is 50.1 Å². The van der Waals surface area contributed by atoms with Crippen LogP contribution in [0.25, 0.3) is 0 Å². The van der Waals surface area contributed by atoms with E-state index in [0.717, 1.165) is 51.3 Å². The summed E-state index contributed by atoms with van der Waals surface area (Å²) in [7, 11) is 0. The van der Waals surface area contributed by atoms with E-state index in [-0.39, 0.29) is 5.91 Å². The van der Waals surface area contributed by atoms with Gasteiger partial charge in [0.15, 0.2) is 0 Å².